The minimum Gasteiger partial charge on any atom is -0.435 e. The molecule has 0 unspecified atom stereocenters. The van der Waals surface area contributed by atoms with Gasteiger partial charge in [-0.3, -0.25) is 4.79 Å². The molecule has 0 heterocycles. The molecular weight excluding hydrogens is 378 g/mol. The first-order valence-corrected chi connectivity index (χ1v) is 9.38. The van der Waals surface area contributed by atoms with Gasteiger partial charge in [0.1, 0.15) is 5.75 Å². The van der Waals surface area contributed by atoms with Crippen LogP contribution in [-0.4, -0.2) is 38.6 Å². The average molecular weight is 404 g/mol. The van der Waals surface area contributed by atoms with Crippen LogP contribution in [-0.2, 0) is 13.0 Å². The number of nitrogens with zero attached hydrogens (tertiary/aromatic N) is 1. The second kappa shape index (κ2) is 11.6. The summed E-state index contributed by atoms with van der Waals surface area (Å²) in [6.45, 7) is 0.738. The molecule has 6 nitrogen and oxygen atoms in total. The number of carbonyl (C=O) groups excluding carboxylic acids is 1. The third kappa shape index (κ3) is 7.77. The van der Waals surface area contributed by atoms with E-state index in [9.17, 15) is 13.6 Å². The van der Waals surface area contributed by atoms with Crippen molar-refractivity contribution in [2.24, 2.45) is 4.99 Å². The molecule has 0 aliphatic carbocycles. The van der Waals surface area contributed by atoms with Crippen LogP contribution >= 0.6 is 0 Å². The van der Waals surface area contributed by atoms with Crippen molar-refractivity contribution in [3.63, 3.8) is 0 Å². The van der Waals surface area contributed by atoms with Crippen LogP contribution in [0.25, 0.3) is 0 Å². The van der Waals surface area contributed by atoms with E-state index < -0.39 is 6.61 Å². The molecule has 8 heteroatoms. The number of ether oxygens (including phenoxy) is 1. The highest BCUT2D eigenvalue weighted by molar-refractivity contribution is 5.94. The molecule has 0 aromatic heterocycles. The summed E-state index contributed by atoms with van der Waals surface area (Å²) in [5, 5.41) is 9.00. The standard InChI is InChI=1S/C21H26F2N4O2/c1-3-25-21(27-14-16-7-5-9-18(13-16)29-20(22)23)26-11-10-15-6-4-8-17(12-15)19(28)24-2/h4-9,12-13,20H,3,10-11,14H2,1-2H3,(H,24,28)(H2,25,26,27). The lowest BCUT2D eigenvalue weighted by atomic mass is 10.1. The molecule has 0 saturated heterocycles. The first-order chi connectivity index (χ1) is 14.0. The van der Waals surface area contributed by atoms with Gasteiger partial charge in [-0.1, -0.05) is 24.3 Å². The fraction of sp³-hybridized carbons (Fsp3) is 0.333. The zero-order chi connectivity index (χ0) is 21.1. The van der Waals surface area contributed by atoms with E-state index in [-0.39, 0.29) is 11.7 Å². The number of amides is 1. The van der Waals surface area contributed by atoms with Gasteiger partial charge in [0.15, 0.2) is 5.96 Å². The molecule has 0 aliphatic rings. The third-order valence-electron chi connectivity index (χ3n) is 4.01. The SMILES string of the molecule is CCNC(=NCc1cccc(OC(F)F)c1)NCCc1cccc(C(=O)NC)c1. The quantitative estimate of drug-likeness (QED) is 0.444. The Bertz CT molecular complexity index is 828. The normalized spacial score (nSPS) is 11.3. The number of hydrogen-bond acceptors (Lipinski definition) is 3. The Hall–Kier alpha value is -3.16. The van der Waals surface area contributed by atoms with Gasteiger partial charge in [-0.25, -0.2) is 4.99 Å². The molecule has 2 aromatic carbocycles. The highest BCUT2D eigenvalue weighted by atomic mass is 19.3. The van der Waals surface area contributed by atoms with Crippen molar-refractivity contribution in [1.82, 2.24) is 16.0 Å². The van der Waals surface area contributed by atoms with Gasteiger partial charge >= 0.3 is 6.61 Å². The van der Waals surface area contributed by atoms with Crippen molar-refractivity contribution in [2.45, 2.75) is 26.5 Å². The number of benzene rings is 2. The number of guanidine groups is 1. The molecule has 2 aromatic rings. The fourth-order valence-electron chi connectivity index (χ4n) is 2.67. The Morgan fingerprint density at radius 2 is 1.86 bits per heavy atom. The highest BCUT2D eigenvalue weighted by Gasteiger charge is 2.06. The van der Waals surface area contributed by atoms with Crippen molar-refractivity contribution >= 4 is 11.9 Å². The molecule has 3 N–H and O–H groups in total. The fourth-order valence-corrected chi connectivity index (χ4v) is 2.67. The average Bonchev–Trinajstić information content (AvgIpc) is 2.71. The molecule has 1 amide bonds. The zero-order valence-electron chi connectivity index (χ0n) is 16.5. The van der Waals surface area contributed by atoms with E-state index in [1.165, 1.54) is 6.07 Å². The van der Waals surface area contributed by atoms with Crippen molar-refractivity contribution < 1.29 is 18.3 Å². The van der Waals surface area contributed by atoms with Crippen LogP contribution in [0.5, 0.6) is 5.75 Å². The smallest absolute Gasteiger partial charge is 0.387 e. The number of nitrogens with one attached hydrogen (secondary N) is 3. The van der Waals surface area contributed by atoms with Gasteiger partial charge in [-0.05, 0) is 48.7 Å². The van der Waals surface area contributed by atoms with Crippen LogP contribution in [0, 0.1) is 0 Å². The predicted octanol–water partition coefficient (Wildman–Crippen LogP) is 2.95. The first-order valence-electron chi connectivity index (χ1n) is 9.38. The van der Waals surface area contributed by atoms with Crippen LogP contribution in [0.3, 0.4) is 0 Å². The van der Waals surface area contributed by atoms with E-state index in [4.69, 9.17) is 0 Å². The minimum absolute atomic E-state index is 0.113. The summed E-state index contributed by atoms with van der Waals surface area (Å²) in [7, 11) is 1.60. The van der Waals surface area contributed by atoms with Crippen molar-refractivity contribution in [1.29, 1.82) is 0 Å². The minimum atomic E-state index is -2.85. The van der Waals surface area contributed by atoms with Crippen molar-refractivity contribution in [3.8, 4) is 5.75 Å². The van der Waals surface area contributed by atoms with Gasteiger partial charge < -0.3 is 20.7 Å². The largest absolute Gasteiger partial charge is 0.435 e. The number of alkyl halides is 2. The summed E-state index contributed by atoms with van der Waals surface area (Å²) in [6.07, 6.45) is 0.715. The van der Waals surface area contributed by atoms with E-state index in [0.29, 0.717) is 37.6 Å². The molecule has 2 rings (SSSR count). The number of hydrogen-bond donors (Lipinski definition) is 3. The molecule has 0 saturated carbocycles. The van der Waals surface area contributed by atoms with Crippen LogP contribution in [0.1, 0.15) is 28.4 Å². The Morgan fingerprint density at radius 1 is 1.10 bits per heavy atom. The molecule has 29 heavy (non-hydrogen) atoms. The van der Waals surface area contributed by atoms with Gasteiger partial charge in [0.2, 0.25) is 0 Å². The molecule has 0 atom stereocenters. The van der Waals surface area contributed by atoms with Crippen molar-refractivity contribution in [2.75, 3.05) is 20.1 Å². The van der Waals surface area contributed by atoms with Crippen LogP contribution in [0.2, 0.25) is 0 Å². The third-order valence-corrected chi connectivity index (χ3v) is 4.01. The molecule has 0 aliphatic heterocycles. The molecule has 0 spiro atoms. The van der Waals surface area contributed by atoms with Gasteiger partial charge in [0.25, 0.3) is 5.91 Å². The Kier molecular flexibility index (Phi) is 8.88. The van der Waals surface area contributed by atoms with E-state index in [1.807, 2.05) is 25.1 Å². The number of aliphatic imine (C=N–C) groups is 1. The number of carbonyl (C=O) groups is 1. The zero-order valence-corrected chi connectivity index (χ0v) is 16.5. The van der Waals surface area contributed by atoms with E-state index >= 15 is 0 Å². The summed E-state index contributed by atoms with van der Waals surface area (Å²) in [5.41, 5.74) is 2.42. The second-order valence-electron chi connectivity index (χ2n) is 6.18. The van der Waals surface area contributed by atoms with Gasteiger partial charge in [-0.15, -0.1) is 0 Å². The molecular formula is C21H26F2N4O2. The van der Waals surface area contributed by atoms with Crippen LogP contribution in [0.4, 0.5) is 8.78 Å². The molecule has 0 bridgehead atoms. The summed E-state index contributed by atoms with van der Waals surface area (Å²) in [6, 6.07) is 13.9. The Labute approximate surface area is 169 Å². The Morgan fingerprint density at radius 3 is 2.59 bits per heavy atom. The number of halogens is 2. The second-order valence-corrected chi connectivity index (χ2v) is 6.18. The number of rotatable bonds is 9. The van der Waals surface area contributed by atoms with E-state index in [2.05, 4.69) is 25.7 Å². The topological polar surface area (TPSA) is 74.8 Å². The maximum absolute atomic E-state index is 12.3. The monoisotopic (exact) mass is 404 g/mol. The highest BCUT2D eigenvalue weighted by Crippen LogP contribution is 2.16. The maximum atomic E-state index is 12.3. The first kappa shape index (κ1) is 22.1. The lowest BCUT2D eigenvalue weighted by Crippen LogP contribution is -2.38. The van der Waals surface area contributed by atoms with Crippen molar-refractivity contribution in [3.05, 3.63) is 65.2 Å². The van der Waals surface area contributed by atoms with Gasteiger partial charge in [0.05, 0.1) is 6.54 Å². The molecule has 0 radical (unpaired) electrons. The van der Waals surface area contributed by atoms with E-state index in [0.717, 1.165) is 11.1 Å². The van der Waals surface area contributed by atoms with Crippen LogP contribution in [0.15, 0.2) is 53.5 Å². The lowest BCUT2D eigenvalue weighted by molar-refractivity contribution is -0.0498. The maximum Gasteiger partial charge on any atom is 0.387 e. The van der Waals surface area contributed by atoms with Crippen LogP contribution < -0.4 is 20.7 Å². The molecule has 156 valence electrons. The van der Waals surface area contributed by atoms with E-state index in [1.54, 1.807) is 31.3 Å². The summed E-state index contributed by atoms with van der Waals surface area (Å²) >= 11 is 0. The summed E-state index contributed by atoms with van der Waals surface area (Å²) in [5.74, 6) is 0.615. The summed E-state index contributed by atoms with van der Waals surface area (Å²) in [4.78, 5) is 16.2. The summed E-state index contributed by atoms with van der Waals surface area (Å²) < 4.78 is 29.1. The van der Waals surface area contributed by atoms with Gasteiger partial charge in [-0.2, -0.15) is 8.78 Å². The predicted molar refractivity (Wildman–Crippen MR) is 109 cm³/mol. The lowest BCUT2D eigenvalue weighted by Gasteiger charge is -2.12. The van der Waals surface area contributed by atoms with Gasteiger partial charge in [0, 0.05) is 25.7 Å². The molecule has 0 fully saturated rings. The Balaban J connectivity index is 1.93.